The Balaban J connectivity index is 2.93. The van der Waals surface area contributed by atoms with Crippen LogP contribution in [0.15, 0.2) is 24.3 Å². The maximum Gasteiger partial charge on any atom is 0.144 e. The first-order valence-electron chi connectivity index (χ1n) is 5.50. The summed E-state index contributed by atoms with van der Waals surface area (Å²) in [6.07, 6.45) is 0. The first-order valence-corrected chi connectivity index (χ1v) is 5.50. The predicted molar refractivity (Wildman–Crippen MR) is 62.9 cm³/mol. The summed E-state index contributed by atoms with van der Waals surface area (Å²) in [7, 11) is 1.81. The fourth-order valence-corrected chi connectivity index (χ4v) is 1.68. The van der Waals surface area contributed by atoms with Crippen LogP contribution in [0.2, 0.25) is 0 Å². The van der Waals surface area contributed by atoms with Crippen LogP contribution < -0.4 is 5.32 Å². The van der Waals surface area contributed by atoms with Crippen LogP contribution in [0.1, 0.15) is 25.3 Å². The lowest BCUT2D eigenvalue weighted by molar-refractivity contribution is -0.123. The molecule has 0 spiro atoms. The lowest BCUT2D eigenvalue weighted by Crippen LogP contribution is -2.27. The molecule has 1 N–H and O–H groups in total. The monoisotopic (exact) mass is 223 g/mol. The molecule has 0 amide bonds. The van der Waals surface area contributed by atoms with E-state index < -0.39 is 0 Å². The number of ketones is 1. The van der Waals surface area contributed by atoms with Gasteiger partial charge < -0.3 is 5.32 Å². The molecule has 0 aliphatic carbocycles. The molecule has 1 aromatic carbocycles. The second kappa shape index (κ2) is 5.75. The van der Waals surface area contributed by atoms with Crippen LogP contribution in [0.4, 0.5) is 4.39 Å². The van der Waals surface area contributed by atoms with Crippen molar-refractivity contribution in [1.29, 1.82) is 0 Å². The molecular formula is C13H18FNO. The predicted octanol–water partition coefficient (Wildman–Crippen LogP) is 2.35. The Hall–Kier alpha value is -1.22. The van der Waals surface area contributed by atoms with Gasteiger partial charge in [-0.15, -0.1) is 0 Å². The van der Waals surface area contributed by atoms with E-state index in [1.165, 1.54) is 12.1 Å². The summed E-state index contributed by atoms with van der Waals surface area (Å²) in [4.78, 5) is 12.0. The van der Waals surface area contributed by atoms with E-state index in [-0.39, 0.29) is 23.4 Å². The zero-order chi connectivity index (χ0) is 12.1. The van der Waals surface area contributed by atoms with Crippen molar-refractivity contribution >= 4 is 5.78 Å². The molecule has 88 valence electrons. The van der Waals surface area contributed by atoms with Gasteiger partial charge in [0, 0.05) is 12.5 Å². The van der Waals surface area contributed by atoms with Gasteiger partial charge in [-0.3, -0.25) is 4.79 Å². The fourth-order valence-electron chi connectivity index (χ4n) is 1.68. The van der Waals surface area contributed by atoms with Crippen molar-refractivity contribution < 1.29 is 9.18 Å². The summed E-state index contributed by atoms with van der Waals surface area (Å²) in [5.74, 6) is -0.293. The topological polar surface area (TPSA) is 29.1 Å². The van der Waals surface area contributed by atoms with Crippen molar-refractivity contribution in [2.75, 3.05) is 13.6 Å². The normalized spacial score (nSPS) is 12.8. The third kappa shape index (κ3) is 3.14. The molecule has 0 radical (unpaired) electrons. The van der Waals surface area contributed by atoms with E-state index in [0.29, 0.717) is 6.54 Å². The zero-order valence-electron chi connectivity index (χ0n) is 9.96. The maximum absolute atomic E-state index is 12.8. The standard InChI is InChI=1S/C13H18FNO/c1-9(2)13(16)12(8-15-3)10-4-6-11(14)7-5-10/h4-7,9,12,15H,8H2,1-3H3. The third-order valence-electron chi connectivity index (χ3n) is 2.59. The van der Waals surface area contributed by atoms with Crippen molar-refractivity contribution in [3.8, 4) is 0 Å². The molecule has 2 nitrogen and oxygen atoms in total. The van der Waals surface area contributed by atoms with Gasteiger partial charge in [0.05, 0.1) is 5.92 Å². The number of likely N-dealkylation sites (N-methyl/N-ethyl adjacent to an activating group) is 1. The van der Waals surface area contributed by atoms with Crippen LogP contribution in [0.3, 0.4) is 0 Å². The molecule has 0 saturated carbocycles. The molecule has 1 atom stereocenters. The van der Waals surface area contributed by atoms with Crippen molar-refractivity contribution in [2.24, 2.45) is 5.92 Å². The molecule has 1 rings (SSSR count). The van der Waals surface area contributed by atoms with Gasteiger partial charge in [0.25, 0.3) is 0 Å². The van der Waals surface area contributed by atoms with Crippen LogP contribution in [-0.2, 0) is 4.79 Å². The molecule has 0 saturated heterocycles. The SMILES string of the molecule is CNCC(C(=O)C(C)C)c1ccc(F)cc1. The molecule has 0 fully saturated rings. The molecule has 0 aliphatic rings. The average molecular weight is 223 g/mol. The van der Waals surface area contributed by atoms with E-state index in [9.17, 15) is 9.18 Å². The molecule has 0 aromatic heterocycles. The summed E-state index contributed by atoms with van der Waals surface area (Å²) >= 11 is 0. The number of carbonyl (C=O) groups is 1. The minimum absolute atomic E-state index is 0.0107. The molecule has 16 heavy (non-hydrogen) atoms. The number of hydrogen-bond donors (Lipinski definition) is 1. The van der Waals surface area contributed by atoms with Crippen LogP contribution in [0.25, 0.3) is 0 Å². The summed E-state index contributed by atoms with van der Waals surface area (Å²) in [6, 6.07) is 6.15. The largest absolute Gasteiger partial charge is 0.319 e. The lowest BCUT2D eigenvalue weighted by Gasteiger charge is -2.18. The highest BCUT2D eigenvalue weighted by Gasteiger charge is 2.22. The number of carbonyl (C=O) groups excluding carboxylic acids is 1. The lowest BCUT2D eigenvalue weighted by atomic mass is 9.89. The third-order valence-corrected chi connectivity index (χ3v) is 2.59. The number of halogens is 1. The van der Waals surface area contributed by atoms with Crippen LogP contribution in [0.5, 0.6) is 0 Å². The number of Topliss-reactive ketones (excluding diaryl/α,β-unsaturated/α-hetero) is 1. The molecule has 0 aliphatic heterocycles. The van der Waals surface area contributed by atoms with Crippen molar-refractivity contribution in [2.45, 2.75) is 19.8 Å². The minimum Gasteiger partial charge on any atom is -0.319 e. The maximum atomic E-state index is 12.8. The molecule has 0 heterocycles. The highest BCUT2D eigenvalue weighted by molar-refractivity contribution is 5.87. The van der Waals surface area contributed by atoms with Gasteiger partial charge in [-0.05, 0) is 24.7 Å². The average Bonchev–Trinajstić information content (AvgIpc) is 2.26. The molecule has 1 aromatic rings. The van der Waals surface area contributed by atoms with Gasteiger partial charge in [0.15, 0.2) is 0 Å². The number of benzene rings is 1. The van der Waals surface area contributed by atoms with E-state index in [2.05, 4.69) is 5.32 Å². The van der Waals surface area contributed by atoms with Gasteiger partial charge in [-0.25, -0.2) is 4.39 Å². The Labute approximate surface area is 95.9 Å². The van der Waals surface area contributed by atoms with E-state index in [0.717, 1.165) is 5.56 Å². The summed E-state index contributed by atoms with van der Waals surface area (Å²) in [5.41, 5.74) is 0.870. The van der Waals surface area contributed by atoms with Gasteiger partial charge in [-0.2, -0.15) is 0 Å². The second-order valence-electron chi connectivity index (χ2n) is 4.22. The van der Waals surface area contributed by atoms with Crippen molar-refractivity contribution in [1.82, 2.24) is 5.32 Å². The van der Waals surface area contributed by atoms with E-state index >= 15 is 0 Å². The molecule has 1 unspecified atom stereocenters. The number of rotatable bonds is 5. The Morgan fingerprint density at radius 3 is 2.31 bits per heavy atom. The molecule has 0 bridgehead atoms. The minimum atomic E-state index is -0.274. The first kappa shape index (κ1) is 12.8. The van der Waals surface area contributed by atoms with Crippen molar-refractivity contribution in [3.05, 3.63) is 35.6 Å². The quantitative estimate of drug-likeness (QED) is 0.830. The van der Waals surface area contributed by atoms with Gasteiger partial charge in [0.2, 0.25) is 0 Å². The smallest absolute Gasteiger partial charge is 0.144 e. The van der Waals surface area contributed by atoms with Crippen LogP contribution in [-0.4, -0.2) is 19.4 Å². The first-order chi connectivity index (χ1) is 7.56. The number of nitrogens with one attached hydrogen (secondary N) is 1. The van der Waals surface area contributed by atoms with Gasteiger partial charge >= 0.3 is 0 Å². The highest BCUT2D eigenvalue weighted by atomic mass is 19.1. The Morgan fingerprint density at radius 1 is 1.31 bits per heavy atom. The Kier molecular flexibility index (Phi) is 4.62. The van der Waals surface area contributed by atoms with Crippen molar-refractivity contribution in [3.63, 3.8) is 0 Å². The van der Waals surface area contributed by atoms with Gasteiger partial charge in [-0.1, -0.05) is 26.0 Å². The molecule has 3 heteroatoms. The van der Waals surface area contributed by atoms with E-state index in [1.54, 1.807) is 12.1 Å². The summed E-state index contributed by atoms with van der Waals surface area (Å²) in [6.45, 7) is 4.35. The number of hydrogen-bond acceptors (Lipinski definition) is 2. The van der Waals surface area contributed by atoms with E-state index in [1.807, 2.05) is 20.9 Å². The zero-order valence-corrected chi connectivity index (χ0v) is 9.96. The Bertz CT molecular complexity index is 345. The summed E-state index contributed by atoms with van der Waals surface area (Å²) < 4.78 is 12.8. The van der Waals surface area contributed by atoms with Crippen LogP contribution in [0, 0.1) is 11.7 Å². The fraction of sp³-hybridized carbons (Fsp3) is 0.462. The Morgan fingerprint density at radius 2 is 1.88 bits per heavy atom. The second-order valence-corrected chi connectivity index (χ2v) is 4.22. The molecular weight excluding hydrogens is 205 g/mol. The van der Waals surface area contributed by atoms with Crippen LogP contribution >= 0.6 is 0 Å². The summed E-state index contributed by atoms with van der Waals surface area (Å²) in [5, 5.41) is 3.00. The highest BCUT2D eigenvalue weighted by Crippen LogP contribution is 2.20. The van der Waals surface area contributed by atoms with E-state index in [4.69, 9.17) is 0 Å². The van der Waals surface area contributed by atoms with Gasteiger partial charge in [0.1, 0.15) is 11.6 Å².